The first kappa shape index (κ1) is 17.9. The molecule has 25 heavy (non-hydrogen) atoms. The van der Waals surface area contributed by atoms with Gasteiger partial charge in [-0.25, -0.2) is 4.39 Å². The molecule has 1 N–H and O–H groups in total. The van der Waals surface area contributed by atoms with Crippen LogP contribution in [0.1, 0.15) is 31.7 Å². The Kier molecular flexibility index (Phi) is 5.37. The first-order chi connectivity index (χ1) is 12.0. The summed E-state index contributed by atoms with van der Waals surface area (Å²) in [5.41, 5.74) is 1.28. The maximum atomic E-state index is 13.1. The van der Waals surface area contributed by atoms with Crippen molar-refractivity contribution in [3.63, 3.8) is 0 Å². The fourth-order valence-corrected chi connectivity index (χ4v) is 4.09. The van der Waals surface area contributed by atoms with Crippen LogP contribution in [0.2, 0.25) is 0 Å². The highest BCUT2D eigenvalue weighted by atomic mass is 19.1. The van der Waals surface area contributed by atoms with Crippen LogP contribution in [0, 0.1) is 11.2 Å². The summed E-state index contributed by atoms with van der Waals surface area (Å²) >= 11 is 0. The van der Waals surface area contributed by atoms with Gasteiger partial charge < -0.3 is 10.2 Å². The van der Waals surface area contributed by atoms with Gasteiger partial charge in [0.2, 0.25) is 11.8 Å². The van der Waals surface area contributed by atoms with E-state index in [1.54, 1.807) is 0 Å². The molecule has 0 unspecified atom stereocenters. The van der Waals surface area contributed by atoms with Crippen molar-refractivity contribution >= 4 is 11.8 Å². The molecule has 0 bridgehead atoms. The van der Waals surface area contributed by atoms with Gasteiger partial charge in [0, 0.05) is 38.5 Å². The van der Waals surface area contributed by atoms with Crippen LogP contribution in [0.4, 0.5) is 4.39 Å². The zero-order chi connectivity index (χ0) is 17.9. The molecule has 1 aromatic carbocycles. The molecule has 136 valence electrons. The van der Waals surface area contributed by atoms with Crippen LogP contribution < -0.4 is 5.32 Å². The molecule has 3 rings (SSSR count). The van der Waals surface area contributed by atoms with Gasteiger partial charge in [-0.3, -0.25) is 14.5 Å². The van der Waals surface area contributed by atoms with Crippen LogP contribution in [0.5, 0.6) is 0 Å². The zero-order valence-electron chi connectivity index (χ0n) is 14.8. The zero-order valence-corrected chi connectivity index (χ0v) is 14.8. The normalized spacial score (nSPS) is 23.8. The van der Waals surface area contributed by atoms with E-state index in [0.717, 1.165) is 57.5 Å². The van der Waals surface area contributed by atoms with Crippen LogP contribution in [0.15, 0.2) is 24.3 Å². The molecule has 0 aromatic heterocycles. The second-order valence-corrected chi connectivity index (χ2v) is 7.42. The highest BCUT2D eigenvalue weighted by molar-refractivity contribution is 5.83. The molecule has 2 fully saturated rings. The van der Waals surface area contributed by atoms with Gasteiger partial charge in [0.1, 0.15) is 5.82 Å². The molecule has 0 aliphatic carbocycles. The van der Waals surface area contributed by atoms with Gasteiger partial charge in [-0.2, -0.15) is 0 Å². The summed E-state index contributed by atoms with van der Waals surface area (Å²) < 4.78 is 13.1. The molecule has 2 aliphatic heterocycles. The third kappa shape index (κ3) is 4.57. The Morgan fingerprint density at radius 3 is 2.64 bits per heavy atom. The third-order valence-corrected chi connectivity index (χ3v) is 5.34. The largest absolute Gasteiger partial charge is 0.347 e. The molecule has 2 aliphatic rings. The molecule has 1 atom stereocenters. The van der Waals surface area contributed by atoms with E-state index >= 15 is 0 Å². The second-order valence-electron chi connectivity index (χ2n) is 7.42. The molecule has 2 amide bonds. The molecule has 2 heterocycles. The number of hydrogen-bond acceptors (Lipinski definition) is 3. The molecule has 1 spiro atoms. The summed E-state index contributed by atoms with van der Waals surface area (Å²) in [5, 5.41) is 2.59. The minimum absolute atomic E-state index is 0.00253. The number of hydrogen-bond donors (Lipinski definition) is 1. The Hall–Kier alpha value is -1.95. The van der Waals surface area contributed by atoms with Crippen molar-refractivity contribution < 1.29 is 14.0 Å². The minimum atomic E-state index is -0.206. The quantitative estimate of drug-likeness (QED) is 0.903. The van der Waals surface area contributed by atoms with Gasteiger partial charge in [0.05, 0.1) is 6.54 Å². The first-order valence-corrected chi connectivity index (χ1v) is 8.95. The van der Waals surface area contributed by atoms with Crippen molar-refractivity contribution in [2.75, 3.05) is 32.7 Å². The molecular weight excluding hydrogens is 321 g/mol. The van der Waals surface area contributed by atoms with Gasteiger partial charge in [-0.1, -0.05) is 12.1 Å². The fourth-order valence-electron chi connectivity index (χ4n) is 4.09. The standard InChI is InChI=1S/C19H26FN3O2/c1-15(24)21-11-18(25)23-10-8-19(14-23)7-2-9-22(13-19)12-16-3-5-17(20)6-4-16/h3-6H,2,7-14H2,1H3,(H,21,24)/t19-/m0/s1. The van der Waals surface area contributed by atoms with E-state index in [-0.39, 0.29) is 29.6 Å². The Morgan fingerprint density at radius 2 is 1.92 bits per heavy atom. The summed E-state index contributed by atoms with van der Waals surface area (Å²) in [6.45, 7) is 5.88. The van der Waals surface area contributed by atoms with Crippen molar-refractivity contribution in [1.82, 2.24) is 15.1 Å². The van der Waals surface area contributed by atoms with Gasteiger partial charge in [0.25, 0.3) is 0 Å². The topological polar surface area (TPSA) is 52.7 Å². The lowest BCUT2D eigenvalue weighted by atomic mass is 9.79. The van der Waals surface area contributed by atoms with Gasteiger partial charge in [-0.15, -0.1) is 0 Å². The maximum absolute atomic E-state index is 13.1. The predicted octanol–water partition coefficient (Wildman–Crippen LogP) is 1.78. The number of rotatable bonds is 4. The van der Waals surface area contributed by atoms with Crippen molar-refractivity contribution in [2.45, 2.75) is 32.7 Å². The summed E-state index contributed by atoms with van der Waals surface area (Å²) in [5.74, 6) is -0.379. The number of benzene rings is 1. The average molecular weight is 347 g/mol. The molecule has 5 nitrogen and oxygen atoms in total. The molecule has 0 saturated carbocycles. The number of carbonyl (C=O) groups is 2. The minimum Gasteiger partial charge on any atom is -0.347 e. The van der Waals surface area contributed by atoms with Gasteiger partial charge in [-0.05, 0) is 43.5 Å². The van der Waals surface area contributed by atoms with E-state index in [4.69, 9.17) is 0 Å². The van der Waals surface area contributed by atoms with Crippen molar-refractivity contribution in [2.24, 2.45) is 5.41 Å². The Morgan fingerprint density at radius 1 is 1.16 bits per heavy atom. The number of amides is 2. The molecular formula is C19H26FN3O2. The Balaban J connectivity index is 1.56. The lowest BCUT2D eigenvalue weighted by molar-refractivity contribution is -0.132. The van der Waals surface area contributed by atoms with E-state index in [2.05, 4.69) is 10.2 Å². The number of nitrogens with zero attached hydrogens (tertiary/aromatic N) is 2. The van der Waals surface area contributed by atoms with Crippen molar-refractivity contribution in [3.05, 3.63) is 35.6 Å². The Bertz CT molecular complexity index is 634. The van der Waals surface area contributed by atoms with Crippen LogP contribution in [-0.4, -0.2) is 54.3 Å². The molecule has 2 saturated heterocycles. The van der Waals surface area contributed by atoms with Crippen LogP contribution >= 0.6 is 0 Å². The monoisotopic (exact) mass is 347 g/mol. The van der Waals surface area contributed by atoms with E-state index in [1.165, 1.54) is 19.1 Å². The number of halogens is 1. The van der Waals surface area contributed by atoms with Crippen LogP contribution in [0.3, 0.4) is 0 Å². The summed E-state index contributed by atoms with van der Waals surface area (Å²) in [4.78, 5) is 27.5. The summed E-state index contributed by atoms with van der Waals surface area (Å²) in [6.07, 6.45) is 3.27. The lowest BCUT2D eigenvalue weighted by Gasteiger charge is -2.40. The van der Waals surface area contributed by atoms with Gasteiger partial charge >= 0.3 is 0 Å². The predicted molar refractivity (Wildman–Crippen MR) is 93.2 cm³/mol. The first-order valence-electron chi connectivity index (χ1n) is 8.95. The average Bonchev–Trinajstić information content (AvgIpc) is 2.98. The number of carbonyl (C=O) groups excluding carboxylic acids is 2. The number of nitrogens with one attached hydrogen (secondary N) is 1. The fraction of sp³-hybridized carbons (Fsp3) is 0.579. The maximum Gasteiger partial charge on any atom is 0.241 e. The second kappa shape index (κ2) is 7.52. The SMILES string of the molecule is CC(=O)NCC(=O)N1CC[C@]2(CCCN(Cc3ccc(F)cc3)C2)C1. The van der Waals surface area contributed by atoms with E-state index in [9.17, 15) is 14.0 Å². The number of likely N-dealkylation sites (tertiary alicyclic amines) is 2. The van der Waals surface area contributed by atoms with E-state index in [1.807, 2.05) is 17.0 Å². The summed E-state index contributed by atoms with van der Waals surface area (Å²) in [7, 11) is 0. The number of piperidine rings is 1. The Labute approximate surface area is 148 Å². The van der Waals surface area contributed by atoms with Crippen molar-refractivity contribution in [1.29, 1.82) is 0 Å². The smallest absolute Gasteiger partial charge is 0.241 e. The highest BCUT2D eigenvalue weighted by Crippen LogP contribution is 2.39. The lowest BCUT2D eigenvalue weighted by Crippen LogP contribution is -2.46. The van der Waals surface area contributed by atoms with Crippen LogP contribution in [-0.2, 0) is 16.1 Å². The van der Waals surface area contributed by atoms with E-state index < -0.39 is 0 Å². The van der Waals surface area contributed by atoms with E-state index in [0.29, 0.717) is 0 Å². The molecule has 1 aromatic rings. The van der Waals surface area contributed by atoms with Gasteiger partial charge in [0.15, 0.2) is 0 Å². The molecule has 6 heteroatoms. The third-order valence-electron chi connectivity index (χ3n) is 5.34. The van der Waals surface area contributed by atoms with Crippen molar-refractivity contribution in [3.8, 4) is 0 Å². The van der Waals surface area contributed by atoms with Crippen LogP contribution in [0.25, 0.3) is 0 Å². The highest BCUT2D eigenvalue weighted by Gasteiger charge is 2.42. The summed E-state index contributed by atoms with van der Waals surface area (Å²) in [6, 6.07) is 6.70. The molecule has 0 radical (unpaired) electrons.